The van der Waals surface area contributed by atoms with E-state index in [0.29, 0.717) is 25.6 Å². The number of methoxy groups -OCH3 is 1. The predicted molar refractivity (Wildman–Crippen MR) is 66.5 cm³/mol. The molecule has 0 aliphatic heterocycles. The van der Waals surface area contributed by atoms with Crippen LogP contribution in [0.1, 0.15) is 40.0 Å². The highest BCUT2D eigenvalue weighted by atomic mass is 16.5. The molecule has 1 atom stereocenters. The number of ether oxygens (including phenoxy) is 1. The highest BCUT2D eigenvalue weighted by Gasteiger charge is 2.08. The van der Waals surface area contributed by atoms with Gasteiger partial charge in [-0.1, -0.05) is 13.3 Å². The Labute approximate surface area is 99.1 Å². The number of nitrogens with one attached hydrogen (secondary N) is 2. The van der Waals surface area contributed by atoms with Crippen molar-refractivity contribution in [1.29, 1.82) is 0 Å². The molecule has 0 heterocycles. The minimum Gasteiger partial charge on any atom is -0.383 e. The lowest BCUT2D eigenvalue weighted by atomic mass is 10.2. The van der Waals surface area contributed by atoms with Crippen LogP contribution in [0.3, 0.4) is 0 Å². The third kappa shape index (κ3) is 8.68. The average Bonchev–Trinajstić information content (AvgIpc) is 2.17. The van der Waals surface area contributed by atoms with Gasteiger partial charge in [0.05, 0.1) is 6.61 Å². The molecule has 0 spiro atoms. The predicted octanol–water partition coefficient (Wildman–Crippen LogP) is 1.31. The lowest BCUT2D eigenvalue weighted by Crippen LogP contribution is -2.37. The molecule has 1 amide bonds. The molecular weight excluding hydrogens is 204 g/mol. The molecule has 0 saturated carbocycles. The van der Waals surface area contributed by atoms with Gasteiger partial charge in [0.15, 0.2) is 0 Å². The summed E-state index contributed by atoms with van der Waals surface area (Å²) in [5.41, 5.74) is 0. The smallest absolute Gasteiger partial charge is 0.221 e. The van der Waals surface area contributed by atoms with Crippen molar-refractivity contribution in [1.82, 2.24) is 10.6 Å². The normalized spacial score (nSPS) is 12.8. The minimum absolute atomic E-state index is 0.107. The summed E-state index contributed by atoms with van der Waals surface area (Å²) >= 11 is 0. The van der Waals surface area contributed by atoms with E-state index < -0.39 is 0 Å². The second kappa shape index (κ2) is 9.60. The van der Waals surface area contributed by atoms with Gasteiger partial charge in [0.2, 0.25) is 5.91 Å². The van der Waals surface area contributed by atoms with E-state index in [4.69, 9.17) is 4.74 Å². The van der Waals surface area contributed by atoms with Crippen LogP contribution in [0.5, 0.6) is 0 Å². The van der Waals surface area contributed by atoms with E-state index in [0.717, 1.165) is 12.8 Å². The zero-order valence-electron chi connectivity index (χ0n) is 11.0. The van der Waals surface area contributed by atoms with E-state index in [-0.39, 0.29) is 11.9 Å². The maximum atomic E-state index is 11.4. The second-order valence-corrected chi connectivity index (χ2v) is 4.37. The van der Waals surface area contributed by atoms with Crippen molar-refractivity contribution in [2.45, 2.75) is 52.1 Å². The molecule has 4 nitrogen and oxygen atoms in total. The zero-order valence-corrected chi connectivity index (χ0v) is 11.0. The number of hydrogen-bond acceptors (Lipinski definition) is 3. The molecule has 0 bridgehead atoms. The fraction of sp³-hybridized carbons (Fsp3) is 0.917. The van der Waals surface area contributed by atoms with Crippen molar-refractivity contribution in [3.8, 4) is 0 Å². The monoisotopic (exact) mass is 230 g/mol. The van der Waals surface area contributed by atoms with Crippen LogP contribution in [0.15, 0.2) is 0 Å². The van der Waals surface area contributed by atoms with Crippen molar-refractivity contribution < 1.29 is 9.53 Å². The molecule has 4 heteroatoms. The van der Waals surface area contributed by atoms with Crippen LogP contribution in [0.4, 0.5) is 0 Å². The van der Waals surface area contributed by atoms with Gasteiger partial charge in [-0.3, -0.25) is 4.79 Å². The SMILES string of the molecule is CCCC(COC)NCCC(=O)NC(C)C. The molecule has 0 aliphatic carbocycles. The van der Waals surface area contributed by atoms with Crippen LogP contribution < -0.4 is 10.6 Å². The molecule has 0 fully saturated rings. The largest absolute Gasteiger partial charge is 0.383 e. The maximum absolute atomic E-state index is 11.4. The van der Waals surface area contributed by atoms with Gasteiger partial charge in [0, 0.05) is 32.2 Å². The van der Waals surface area contributed by atoms with Crippen LogP contribution in [0.2, 0.25) is 0 Å². The number of hydrogen-bond donors (Lipinski definition) is 2. The van der Waals surface area contributed by atoms with Crippen molar-refractivity contribution in [2.75, 3.05) is 20.3 Å². The molecular formula is C12H26N2O2. The van der Waals surface area contributed by atoms with Gasteiger partial charge >= 0.3 is 0 Å². The van der Waals surface area contributed by atoms with E-state index in [1.807, 2.05) is 13.8 Å². The summed E-state index contributed by atoms with van der Waals surface area (Å²) in [6, 6.07) is 0.583. The van der Waals surface area contributed by atoms with Gasteiger partial charge in [-0.2, -0.15) is 0 Å². The van der Waals surface area contributed by atoms with E-state index >= 15 is 0 Å². The van der Waals surface area contributed by atoms with Gasteiger partial charge in [0.25, 0.3) is 0 Å². The van der Waals surface area contributed by atoms with Gasteiger partial charge < -0.3 is 15.4 Å². The highest BCUT2D eigenvalue weighted by Crippen LogP contribution is 1.97. The quantitative estimate of drug-likeness (QED) is 0.628. The van der Waals surface area contributed by atoms with Gasteiger partial charge in [-0.25, -0.2) is 0 Å². The molecule has 0 aliphatic rings. The standard InChI is InChI=1S/C12H26N2O2/c1-5-6-11(9-16-4)13-8-7-12(15)14-10(2)3/h10-11,13H,5-9H2,1-4H3,(H,14,15). The Balaban J connectivity index is 3.63. The highest BCUT2D eigenvalue weighted by molar-refractivity contribution is 5.76. The van der Waals surface area contributed by atoms with E-state index in [1.54, 1.807) is 7.11 Å². The summed E-state index contributed by atoms with van der Waals surface area (Å²) in [6.45, 7) is 7.51. The second-order valence-electron chi connectivity index (χ2n) is 4.37. The van der Waals surface area contributed by atoms with E-state index in [2.05, 4.69) is 17.6 Å². The van der Waals surface area contributed by atoms with Crippen molar-refractivity contribution in [3.63, 3.8) is 0 Å². The van der Waals surface area contributed by atoms with Crippen molar-refractivity contribution in [3.05, 3.63) is 0 Å². The first kappa shape index (κ1) is 15.4. The first-order valence-electron chi connectivity index (χ1n) is 6.11. The van der Waals surface area contributed by atoms with Crippen LogP contribution in [0.25, 0.3) is 0 Å². The number of amides is 1. The summed E-state index contributed by atoms with van der Waals surface area (Å²) in [4.78, 5) is 11.4. The summed E-state index contributed by atoms with van der Waals surface area (Å²) in [6.07, 6.45) is 2.74. The Morgan fingerprint density at radius 1 is 1.38 bits per heavy atom. The van der Waals surface area contributed by atoms with Crippen LogP contribution >= 0.6 is 0 Å². The number of carbonyl (C=O) groups is 1. The van der Waals surface area contributed by atoms with Gasteiger partial charge in [-0.05, 0) is 20.3 Å². The van der Waals surface area contributed by atoms with Gasteiger partial charge in [-0.15, -0.1) is 0 Å². The first-order valence-corrected chi connectivity index (χ1v) is 6.11. The summed E-state index contributed by atoms with van der Waals surface area (Å²) in [5, 5.41) is 6.21. The average molecular weight is 230 g/mol. The molecule has 0 aromatic heterocycles. The Hall–Kier alpha value is -0.610. The Morgan fingerprint density at radius 2 is 2.06 bits per heavy atom. The molecule has 96 valence electrons. The minimum atomic E-state index is 0.107. The molecule has 0 saturated heterocycles. The van der Waals surface area contributed by atoms with Crippen molar-refractivity contribution >= 4 is 5.91 Å². The van der Waals surface area contributed by atoms with Crippen molar-refractivity contribution in [2.24, 2.45) is 0 Å². The number of rotatable bonds is 9. The first-order chi connectivity index (χ1) is 7.60. The summed E-state index contributed by atoms with van der Waals surface area (Å²) in [7, 11) is 1.70. The van der Waals surface area contributed by atoms with Crippen LogP contribution in [-0.2, 0) is 9.53 Å². The van der Waals surface area contributed by atoms with Gasteiger partial charge in [0.1, 0.15) is 0 Å². The molecule has 0 radical (unpaired) electrons. The van der Waals surface area contributed by atoms with E-state index in [9.17, 15) is 4.79 Å². The summed E-state index contributed by atoms with van der Waals surface area (Å²) in [5.74, 6) is 0.107. The number of carbonyl (C=O) groups excluding carboxylic acids is 1. The van der Waals surface area contributed by atoms with Crippen LogP contribution in [-0.4, -0.2) is 38.3 Å². The van der Waals surface area contributed by atoms with E-state index in [1.165, 1.54) is 0 Å². The molecule has 16 heavy (non-hydrogen) atoms. The molecule has 2 N–H and O–H groups in total. The van der Waals surface area contributed by atoms with Crippen LogP contribution in [0, 0.1) is 0 Å². The zero-order chi connectivity index (χ0) is 12.4. The topological polar surface area (TPSA) is 50.4 Å². The summed E-state index contributed by atoms with van der Waals surface area (Å²) < 4.78 is 5.12. The fourth-order valence-corrected chi connectivity index (χ4v) is 1.58. The fourth-order valence-electron chi connectivity index (χ4n) is 1.58. The lowest BCUT2D eigenvalue weighted by molar-refractivity contribution is -0.121. The molecule has 0 aromatic carbocycles. The molecule has 1 unspecified atom stereocenters. The third-order valence-corrected chi connectivity index (χ3v) is 2.24. The Kier molecular flexibility index (Phi) is 9.24. The third-order valence-electron chi connectivity index (χ3n) is 2.24. The Morgan fingerprint density at radius 3 is 2.56 bits per heavy atom. The maximum Gasteiger partial charge on any atom is 0.221 e. The molecule has 0 aromatic rings. The Bertz CT molecular complexity index is 178. The molecule has 0 rings (SSSR count). The lowest BCUT2D eigenvalue weighted by Gasteiger charge is -2.17.